The number of hydrogen-bond donors (Lipinski definition) is 2. The largest absolute Gasteiger partial charge is 0.478 e. The van der Waals surface area contributed by atoms with Crippen LogP contribution in [0.25, 0.3) is 0 Å². The van der Waals surface area contributed by atoms with Crippen molar-refractivity contribution in [2.24, 2.45) is 0 Å². The first kappa shape index (κ1) is 14.2. The van der Waals surface area contributed by atoms with Crippen molar-refractivity contribution in [1.82, 2.24) is 0 Å². The van der Waals surface area contributed by atoms with E-state index in [1.165, 1.54) is 0 Å². The highest BCUT2D eigenvalue weighted by atomic mass is 16.4. The van der Waals surface area contributed by atoms with Crippen molar-refractivity contribution >= 4 is 17.7 Å². The summed E-state index contributed by atoms with van der Waals surface area (Å²) in [5.74, 6) is -2.61. The molecule has 106 valence electrons. The summed E-state index contributed by atoms with van der Waals surface area (Å²) in [6.45, 7) is 3.42. The molecule has 0 atom stereocenters. The molecule has 0 unspecified atom stereocenters. The first-order valence-electron chi connectivity index (χ1n) is 6.58. The van der Waals surface area contributed by atoms with Crippen LogP contribution in [0.1, 0.15) is 67.5 Å². The highest BCUT2D eigenvalue weighted by Gasteiger charge is 2.32. The van der Waals surface area contributed by atoms with Crippen LogP contribution in [0.2, 0.25) is 0 Å². The Morgan fingerprint density at radius 1 is 1.10 bits per heavy atom. The number of carbonyl (C=O) groups excluding carboxylic acids is 1. The zero-order chi connectivity index (χ0) is 15.0. The molecule has 1 aromatic rings. The minimum Gasteiger partial charge on any atom is -0.478 e. The number of carboxylic acids is 2. The summed E-state index contributed by atoms with van der Waals surface area (Å²) in [6.07, 6.45) is 1.92. The maximum Gasteiger partial charge on any atom is 0.336 e. The van der Waals surface area contributed by atoms with Crippen molar-refractivity contribution in [3.63, 3.8) is 0 Å². The van der Waals surface area contributed by atoms with Crippen LogP contribution < -0.4 is 0 Å². The Bertz CT molecular complexity index is 628. The normalized spacial score (nSPS) is 14.0. The number of ketones is 1. The Morgan fingerprint density at radius 3 is 2.20 bits per heavy atom. The average molecular weight is 276 g/mol. The summed E-state index contributed by atoms with van der Waals surface area (Å²) in [7, 11) is 0. The number of carbonyl (C=O) groups is 3. The van der Waals surface area contributed by atoms with Gasteiger partial charge in [0.05, 0.1) is 11.1 Å². The Morgan fingerprint density at radius 2 is 1.70 bits per heavy atom. The number of fused-ring (bicyclic) bond motifs is 1. The molecule has 2 N–H and O–H groups in total. The van der Waals surface area contributed by atoms with Crippen LogP contribution in [-0.2, 0) is 12.8 Å². The van der Waals surface area contributed by atoms with E-state index < -0.39 is 11.9 Å². The van der Waals surface area contributed by atoms with Gasteiger partial charge in [-0.2, -0.15) is 0 Å². The van der Waals surface area contributed by atoms with Gasteiger partial charge in [0.15, 0.2) is 5.78 Å². The van der Waals surface area contributed by atoms with Crippen molar-refractivity contribution in [1.29, 1.82) is 0 Å². The summed E-state index contributed by atoms with van der Waals surface area (Å²) < 4.78 is 0. The molecule has 20 heavy (non-hydrogen) atoms. The zero-order valence-electron chi connectivity index (χ0n) is 11.4. The van der Waals surface area contributed by atoms with Crippen molar-refractivity contribution in [3.8, 4) is 0 Å². The van der Waals surface area contributed by atoms with E-state index in [1.54, 1.807) is 6.92 Å². The van der Waals surface area contributed by atoms with E-state index in [4.69, 9.17) is 0 Å². The molecule has 5 heteroatoms. The van der Waals surface area contributed by atoms with Gasteiger partial charge in [0, 0.05) is 12.0 Å². The molecule has 1 aromatic carbocycles. The summed E-state index contributed by atoms with van der Waals surface area (Å²) in [4.78, 5) is 35.0. The number of carboxylic acid groups (broad SMARTS) is 2. The minimum absolute atomic E-state index is 0.0781. The lowest BCUT2D eigenvalue weighted by atomic mass is 9.79. The molecule has 2 rings (SSSR count). The first-order valence-corrected chi connectivity index (χ1v) is 6.58. The van der Waals surface area contributed by atoms with Gasteiger partial charge in [-0.05, 0) is 42.9 Å². The molecule has 0 fully saturated rings. The predicted octanol–water partition coefficient (Wildman–Crippen LogP) is 2.47. The molecule has 0 radical (unpaired) electrons. The average Bonchev–Trinajstić information content (AvgIpc) is 2.37. The molecule has 0 aromatic heterocycles. The molecular weight excluding hydrogens is 260 g/mol. The molecule has 0 spiro atoms. The SMILES string of the molecule is CCc1c(C)c(C(=O)O)c(C(=O)O)c2c1C(=O)CCC2. The maximum absolute atomic E-state index is 12.1. The molecule has 0 aliphatic heterocycles. The Kier molecular flexibility index (Phi) is 3.61. The van der Waals surface area contributed by atoms with Crippen molar-refractivity contribution in [2.75, 3.05) is 0 Å². The van der Waals surface area contributed by atoms with E-state index >= 15 is 0 Å². The quantitative estimate of drug-likeness (QED) is 0.884. The van der Waals surface area contributed by atoms with Crippen LogP contribution >= 0.6 is 0 Å². The maximum atomic E-state index is 12.1. The van der Waals surface area contributed by atoms with E-state index in [-0.39, 0.29) is 16.9 Å². The van der Waals surface area contributed by atoms with E-state index in [2.05, 4.69) is 0 Å². The molecule has 0 saturated heterocycles. The third-order valence-corrected chi connectivity index (χ3v) is 3.87. The highest BCUT2D eigenvalue weighted by molar-refractivity contribution is 6.09. The van der Waals surface area contributed by atoms with Crippen LogP contribution in [-0.4, -0.2) is 27.9 Å². The van der Waals surface area contributed by atoms with Gasteiger partial charge in [-0.3, -0.25) is 4.79 Å². The van der Waals surface area contributed by atoms with Gasteiger partial charge in [0.2, 0.25) is 0 Å². The predicted molar refractivity (Wildman–Crippen MR) is 71.7 cm³/mol. The van der Waals surface area contributed by atoms with E-state index in [0.717, 1.165) is 0 Å². The van der Waals surface area contributed by atoms with Crippen molar-refractivity contribution in [3.05, 3.63) is 33.4 Å². The third kappa shape index (κ3) is 1.99. The molecule has 0 saturated carbocycles. The smallest absolute Gasteiger partial charge is 0.336 e. The molecular formula is C15H16O5. The number of aromatic carboxylic acids is 2. The monoisotopic (exact) mass is 276 g/mol. The minimum atomic E-state index is -1.28. The van der Waals surface area contributed by atoms with Gasteiger partial charge in [0.1, 0.15) is 0 Å². The molecule has 1 aliphatic carbocycles. The molecule has 0 bridgehead atoms. The summed E-state index contributed by atoms with van der Waals surface area (Å²) in [6, 6.07) is 0. The summed E-state index contributed by atoms with van der Waals surface area (Å²) >= 11 is 0. The molecule has 0 amide bonds. The molecule has 1 aliphatic rings. The Balaban J connectivity index is 2.96. The number of hydrogen-bond acceptors (Lipinski definition) is 3. The van der Waals surface area contributed by atoms with Crippen LogP contribution in [0.3, 0.4) is 0 Å². The standard InChI is InChI=1S/C15H16O5/c1-3-8-7(2)11(14(17)18)13(15(19)20)9-5-4-6-10(16)12(8)9/h3-6H2,1-2H3,(H,17,18)(H,19,20). The zero-order valence-corrected chi connectivity index (χ0v) is 11.4. The van der Waals surface area contributed by atoms with E-state index in [0.29, 0.717) is 47.9 Å². The van der Waals surface area contributed by atoms with Crippen LogP contribution in [0, 0.1) is 6.92 Å². The molecule has 0 heterocycles. The Hall–Kier alpha value is -2.17. The fourth-order valence-electron chi connectivity index (χ4n) is 3.07. The lowest BCUT2D eigenvalue weighted by Crippen LogP contribution is -2.23. The lowest BCUT2D eigenvalue weighted by molar-refractivity contribution is 0.0649. The van der Waals surface area contributed by atoms with E-state index in [1.807, 2.05) is 6.92 Å². The van der Waals surface area contributed by atoms with Gasteiger partial charge in [-0.25, -0.2) is 9.59 Å². The van der Waals surface area contributed by atoms with Crippen LogP contribution in [0.15, 0.2) is 0 Å². The second kappa shape index (κ2) is 5.07. The van der Waals surface area contributed by atoms with Crippen molar-refractivity contribution < 1.29 is 24.6 Å². The van der Waals surface area contributed by atoms with Crippen LogP contribution in [0.5, 0.6) is 0 Å². The fraction of sp³-hybridized carbons (Fsp3) is 0.400. The van der Waals surface area contributed by atoms with E-state index in [9.17, 15) is 24.6 Å². The van der Waals surface area contributed by atoms with Gasteiger partial charge in [-0.1, -0.05) is 6.92 Å². The number of benzene rings is 1. The van der Waals surface area contributed by atoms with Gasteiger partial charge >= 0.3 is 11.9 Å². The summed E-state index contributed by atoms with van der Waals surface area (Å²) in [5.41, 5.74) is 1.52. The topological polar surface area (TPSA) is 91.7 Å². The van der Waals surface area contributed by atoms with Gasteiger partial charge < -0.3 is 10.2 Å². The highest BCUT2D eigenvalue weighted by Crippen LogP contribution is 2.33. The summed E-state index contributed by atoms with van der Waals surface area (Å²) in [5, 5.41) is 18.7. The van der Waals surface area contributed by atoms with Gasteiger partial charge in [0.25, 0.3) is 0 Å². The third-order valence-electron chi connectivity index (χ3n) is 3.87. The van der Waals surface area contributed by atoms with Crippen molar-refractivity contribution in [2.45, 2.75) is 39.5 Å². The van der Waals surface area contributed by atoms with Crippen LogP contribution in [0.4, 0.5) is 0 Å². The number of Topliss-reactive ketones (excluding diaryl/α,β-unsaturated/α-hetero) is 1. The lowest BCUT2D eigenvalue weighted by Gasteiger charge is -2.24. The fourth-order valence-corrected chi connectivity index (χ4v) is 3.07. The number of rotatable bonds is 3. The Labute approximate surface area is 116 Å². The molecule has 5 nitrogen and oxygen atoms in total. The first-order chi connectivity index (χ1) is 9.40. The second-order valence-electron chi connectivity index (χ2n) is 4.95. The second-order valence-corrected chi connectivity index (χ2v) is 4.95. The van der Waals surface area contributed by atoms with Gasteiger partial charge in [-0.15, -0.1) is 0 Å².